The van der Waals surface area contributed by atoms with Crippen LogP contribution in [0.2, 0.25) is 5.02 Å². The molecule has 0 bridgehead atoms. The topological polar surface area (TPSA) is 44.4 Å². The zero-order chi connectivity index (χ0) is 19.1. The molecular formula is C20H22ClN3OS2. The average Bonchev–Trinajstić information content (AvgIpc) is 3.09. The summed E-state index contributed by atoms with van der Waals surface area (Å²) in [6.45, 7) is 1.58. The molecule has 0 aromatic heterocycles. The van der Waals surface area contributed by atoms with Crippen LogP contribution in [0.5, 0.6) is 0 Å². The number of halogens is 1. The van der Waals surface area contributed by atoms with Crippen molar-refractivity contribution < 1.29 is 4.79 Å². The molecule has 0 unspecified atom stereocenters. The van der Waals surface area contributed by atoms with Gasteiger partial charge in [0.15, 0.2) is 5.11 Å². The van der Waals surface area contributed by atoms with Gasteiger partial charge in [0, 0.05) is 47.4 Å². The Morgan fingerprint density at radius 1 is 1.19 bits per heavy atom. The lowest BCUT2D eigenvalue weighted by atomic mass is 10.2. The minimum atomic E-state index is 0.196. The van der Waals surface area contributed by atoms with E-state index in [4.69, 9.17) is 23.8 Å². The van der Waals surface area contributed by atoms with Crippen molar-refractivity contribution in [2.24, 2.45) is 0 Å². The lowest BCUT2D eigenvalue weighted by Gasteiger charge is -2.16. The molecule has 2 aromatic rings. The van der Waals surface area contributed by atoms with Gasteiger partial charge in [0.05, 0.1) is 0 Å². The van der Waals surface area contributed by atoms with Crippen LogP contribution in [-0.2, 0) is 10.5 Å². The molecule has 7 heteroatoms. The highest BCUT2D eigenvalue weighted by molar-refractivity contribution is 7.98. The lowest BCUT2D eigenvalue weighted by molar-refractivity contribution is -0.117. The number of anilines is 2. The summed E-state index contributed by atoms with van der Waals surface area (Å²) >= 11 is 13.3. The first-order valence-corrected chi connectivity index (χ1v) is 10.8. The van der Waals surface area contributed by atoms with Crippen molar-refractivity contribution in [3.05, 3.63) is 59.1 Å². The second-order valence-corrected chi connectivity index (χ2v) is 8.14. The van der Waals surface area contributed by atoms with Gasteiger partial charge in [-0.15, -0.1) is 0 Å². The first-order chi connectivity index (χ1) is 13.1. The maximum atomic E-state index is 11.8. The SMILES string of the molecule is O=C1CCCN1c1ccc(NC(=S)NCCSCc2ccccc2Cl)cc1. The van der Waals surface area contributed by atoms with Crippen LogP contribution in [0.1, 0.15) is 18.4 Å². The van der Waals surface area contributed by atoms with E-state index in [1.54, 1.807) is 0 Å². The molecule has 3 rings (SSSR count). The van der Waals surface area contributed by atoms with E-state index in [0.29, 0.717) is 11.5 Å². The Bertz CT molecular complexity index is 798. The Balaban J connectivity index is 1.36. The first-order valence-electron chi connectivity index (χ1n) is 8.90. The highest BCUT2D eigenvalue weighted by Crippen LogP contribution is 2.23. The lowest BCUT2D eigenvalue weighted by Crippen LogP contribution is -2.30. The van der Waals surface area contributed by atoms with E-state index in [9.17, 15) is 4.79 Å². The Morgan fingerprint density at radius 2 is 1.96 bits per heavy atom. The summed E-state index contributed by atoms with van der Waals surface area (Å²) < 4.78 is 0. The maximum Gasteiger partial charge on any atom is 0.227 e. The predicted octanol–water partition coefficient (Wildman–Crippen LogP) is 4.69. The van der Waals surface area contributed by atoms with Crippen molar-refractivity contribution >= 4 is 58.0 Å². The molecule has 1 heterocycles. The number of nitrogens with one attached hydrogen (secondary N) is 2. The standard InChI is InChI=1S/C20H22ClN3OS2/c21-18-5-2-1-4-15(18)14-27-13-11-22-20(26)23-16-7-9-17(10-8-16)24-12-3-6-19(24)25/h1-2,4-5,7-10H,3,6,11-14H2,(H2,22,23,26). The number of carbonyl (C=O) groups is 1. The van der Waals surface area contributed by atoms with Crippen LogP contribution in [0.25, 0.3) is 0 Å². The Hall–Kier alpha value is -1.76. The minimum absolute atomic E-state index is 0.196. The summed E-state index contributed by atoms with van der Waals surface area (Å²) in [5.41, 5.74) is 3.01. The van der Waals surface area contributed by atoms with E-state index >= 15 is 0 Å². The number of amides is 1. The van der Waals surface area contributed by atoms with E-state index in [1.807, 2.05) is 65.2 Å². The molecule has 27 heavy (non-hydrogen) atoms. The van der Waals surface area contributed by atoms with Gasteiger partial charge in [0.1, 0.15) is 0 Å². The predicted molar refractivity (Wildman–Crippen MR) is 120 cm³/mol. The van der Waals surface area contributed by atoms with Crippen LogP contribution in [0.4, 0.5) is 11.4 Å². The molecule has 1 fully saturated rings. The average molecular weight is 420 g/mol. The fourth-order valence-electron chi connectivity index (χ4n) is 2.86. The maximum absolute atomic E-state index is 11.8. The zero-order valence-corrected chi connectivity index (χ0v) is 17.3. The largest absolute Gasteiger partial charge is 0.362 e. The van der Waals surface area contributed by atoms with Gasteiger partial charge >= 0.3 is 0 Å². The zero-order valence-electron chi connectivity index (χ0n) is 14.9. The van der Waals surface area contributed by atoms with Crippen molar-refractivity contribution in [3.8, 4) is 0 Å². The first kappa shape index (κ1) is 20.0. The molecule has 0 atom stereocenters. The molecule has 1 aliphatic heterocycles. The number of thioether (sulfide) groups is 1. The number of thiocarbonyl (C=S) groups is 1. The summed E-state index contributed by atoms with van der Waals surface area (Å²) in [6, 6.07) is 15.7. The third kappa shape index (κ3) is 5.86. The van der Waals surface area contributed by atoms with Gasteiger partial charge in [-0.3, -0.25) is 4.79 Å². The van der Waals surface area contributed by atoms with E-state index in [0.717, 1.165) is 53.0 Å². The minimum Gasteiger partial charge on any atom is -0.362 e. The van der Waals surface area contributed by atoms with Gasteiger partial charge in [-0.25, -0.2) is 0 Å². The number of nitrogens with zero attached hydrogens (tertiary/aromatic N) is 1. The van der Waals surface area contributed by atoms with Crippen molar-refractivity contribution in [2.75, 3.05) is 29.1 Å². The van der Waals surface area contributed by atoms with E-state index < -0.39 is 0 Å². The Kier molecular flexibility index (Phi) is 7.38. The van der Waals surface area contributed by atoms with Crippen LogP contribution < -0.4 is 15.5 Å². The molecule has 1 saturated heterocycles. The Labute approximate surface area is 174 Å². The monoisotopic (exact) mass is 419 g/mol. The molecule has 142 valence electrons. The van der Waals surface area contributed by atoms with Crippen LogP contribution >= 0.6 is 35.6 Å². The van der Waals surface area contributed by atoms with Crippen LogP contribution in [0.3, 0.4) is 0 Å². The second kappa shape index (κ2) is 9.97. The molecule has 0 spiro atoms. The summed E-state index contributed by atoms with van der Waals surface area (Å²) in [5, 5.41) is 7.80. The summed E-state index contributed by atoms with van der Waals surface area (Å²) in [6.07, 6.45) is 1.57. The highest BCUT2D eigenvalue weighted by Gasteiger charge is 2.21. The van der Waals surface area contributed by atoms with Gasteiger partial charge in [-0.2, -0.15) is 11.8 Å². The molecular weight excluding hydrogens is 398 g/mol. The van der Waals surface area contributed by atoms with Crippen molar-refractivity contribution in [1.29, 1.82) is 0 Å². The van der Waals surface area contributed by atoms with Crippen molar-refractivity contribution in [2.45, 2.75) is 18.6 Å². The van der Waals surface area contributed by atoms with E-state index in [-0.39, 0.29) is 5.91 Å². The molecule has 1 aliphatic rings. The fraction of sp³-hybridized carbons (Fsp3) is 0.300. The quantitative estimate of drug-likeness (QED) is 0.503. The molecule has 0 saturated carbocycles. The summed E-state index contributed by atoms with van der Waals surface area (Å²) in [7, 11) is 0. The molecule has 0 radical (unpaired) electrons. The van der Waals surface area contributed by atoms with Gasteiger partial charge in [0.25, 0.3) is 0 Å². The second-order valence-electron chi connectivity index (χ2n) is 6.22. The fourth-order valence-corrected chi connectivity index (χ4v) is 4.22. The number of hydrogen-bond acceptors (Lipinski definition) is 3. The molecule has 4 nitrogen and oxygen atoms in total. The van der Waals surface area contributed by atoms with Gasteiger partial charge < -0.3 is 15.5 Å². The van der Waals surface area contributed by atoms with Crippen LogP contribution in [0.15, 0.2) is 48.5 Å². The number of benzene rings is 2. The van der Waals surface area contributed by atoms with Crippen molar-refractivity contribution in [1.82, 2.24) is 5.32 Å². The van der Waals surface area contributed by atoms with Gasteiger partial charge in [0.2, 0.25) is 5.91 Å². The van der Waals surface area contributed by atoms with E-state index in [2.05, 4.69) is 10.6 Å². The van der Waals surface area contributed by atoms with Crippen molar-refractivity contribution in [3.63, 3.8) is 0 Å². The normalized spacial score (nSPS) is 13.7. The van der Waals surface area contributed by atoms with Crippen LogP contribution in [0, 0.1) is 0 Å². The number of rotatable bonds is 7. The highest BCUT2D eigenvalue weighted by atomic mass is 35.5. The van der Waals surface area contributed by atoms with Gasteiger partial charge in [-0.05, 0) is 54.5 Å². The van der Waals surface area contributed by atoms with E-state index in [1.165, 1.54) is 0 Å². The third-order valence-electron chi connectivity index (χ3n) is 4.26. The number of hydrogen-bond donors (Lipinski definition) is 2. The summed E-state index contributed by atoms with van der Waals surface area (Å²) in [5.74, 6) is 2.02. The smallest absolute Gasteiger partial charge is 0.227 e. The Morgan fingerprint density at radius 3 is 2.67 bits per heavy atom. The molecule has 1 amide bonds. The van der Waals surface area contributed by atoms with Crippen LogP contribution in [-0.4, -0.2) is 29.9 Å². The third-order valence-corrected chi connectivity index (χ3v) is 5.88. The van der Waals surface area contributed by atoms with Gasteiger partial charge in [-0.1, -0.05) is 29.8 Å². The molecule has 2 N–H and O–H groups in total. The number of carbonyl (C=O) groups excluding carboxylic acids is 1. The molecule has 2 aromatic carbocycles. The molecule has 0 aliphatic carbocycles. The summed E-state index contributed by atoms with van der Waals surface area (Å²) in [4.78, 5) is 13.6.